The number of amides is 1. The lowest BCUT2D eigenvalue weighted by atomic mass is 10.2. The zero-order valence-electron chi connectivity index (χ0n) is 11.3. The van der Waals surface area contributed by atoms with Crippen LogP contribution in [0.4, 0.5) is 5.69 Å². The van der Waals surface area contributed by atoms with Crippen LogP contribution in [-0.4, -0.2) is 27.4 Å². The lowest BCUT2D eigenvalue weighted by Crippen LogP contribution is -2.24. The highest BCUT2D eigenvalue weighted by Gasteiger charge is 2.10. The fourth-order valence-electron chi connectivity index (χ4n) is 1.68. The summed E-state index contributed by atoms with van der Waals surface area (Å²) in [6.45, 7) is 3.24. The Morgan fingerprint density at radius 2 is 2.10 bits per heavy atom. The minimum atomic E-state index is -0.149. The molecule has 2 rings (SSSR count). The summed E-state index contributed by atoms with van der Waals surface area (Å²) in [5.74, 6) is -0.149. The quantitative estimate of drug-likeness (QED) is 0.834. The summed E-state index contributed by atoms with van der Waals surface area (Å²) in [5, 5.41) is 6.03. The molecule has 0 saturated heterocycles. The first-order chi connectivity index (χ1) is 9.81. The van der Waals surface area contributed by atoms with Crippen molar-refractivity contribution in [2.24, 2.45) is 0 Å². The molecule has 0 radical (unpaired) electrons. The molecule has 20 heavy (non-hydrogen) atoms. The normalized spacial score (nSPS) is 10.1. The van der Waals surface area contributed by atoms with Gasteiger partial charge >= 0.3 is 0 Å². The van der Waals surface area contributed by atoms with Crippen LogP contribution in [0, 0.1) is 0 Å². The van der Waals surface area contributed by atoms with Gasteiger partial charge in [-0.05, 0) is 18.6 Å². The Hall–Kier alpha value is -2.50. The van der Waals surface area contributed by atoms with Crippen molar-refractivity contribution in [3.05, 3.63) is 48.3 Å². The maximum Gasteiger partial charge on any atom is 0.253 e. The SMILES string of the molecule is CCCNc1cnccc1C(=O)NCc1ccncn1. The molecule has 0 aliphatic carbocycles. The van der Waals surface area contributed by atoms with Crippen LogP contribution in [0.3, 0.4) is 0 Å². The predicted octanol–water partition coefficient (Wildman–Crippen LogP) is 1.62. The zero-order chi connectivity index (χ0) is 14.2. The Morgan fingerprint density at radius 1 is 1.25 bits per heavy atom. The molecular weight excluding hydrogens is 254 g/mol. The summed E-state index contributed by atoms with van der Waals surface area (Å²) in [7, 11) is 0. The van der Waals surface area contributed by atoms with Crippen LogP contribution in [0.1, 0.15) is 29.4 Å². The van der Waals surface area contributed by atoms with E-state index in [0.29, 0.717) is 12.1 Å². The summed E-state index contributed by atoms with van der Waals surface area (Å²) in [4.78, 5) is 24.1. The Bertz CT molecular complexity index is 559. The molecule has 2 aromatic rings. The van der Waals surface area contributed by atoms with Crippen LogP contribution < -0.4 is 10.6 Å². The van der Waals surface area contributed by atoms with E-state index in [2.05, 4.69) is 32.5 Å². The number of carbonyl (C=O) groups is 1. The van der Waals surface area contributed by atoms with Gasteiger partial charge in [0.1, 0.15) is 6.33 Å². The fourth-order valence-corrected chi connectivity index (χ4v) is 1.68. The van der Waals surface area contributed by atoms with Crippen molar-refractivity contribution >= 4 is 11.6 Å². The number of pyridine rings is 1. The van der Waals surface area contributed by atoms with Crippen molar-refractivity contribution in [2.45, 2.75) is 19.9 Å². The monoisotopic (exact) mass is 271 g/mol. The van der Waals surface area contributed by atoms with Crippen molar-refractivity contribution in [1.29, 1.82) is 0 Å². The van der Waals surface area contributed by atoms with E-state index < -0.39 is 0 Å². The molecule has 0 fully saturated rings. The van der Waals surface area contributed by atoms with Gasteiger partial charge in [-0.2, -0.15) is 0 Å². The van der Waals surface area contributed by atoms with E-state index in [1.54, 1.807) is 30.7 Å². The average molecular weight is 271 g/mol. The molecule has 104 valence electrons. The topological polar surface area (TPSA) is 79.8 Å². The number of anilines is 1. The molecule has 6 heteroatoms. The maximum atomic E-state index is 12.2. The van der Waals surface area contributed by atoms with Gasteiger partial charge in [-0.25, -0.2) is 9.97 Å². The molecule has 0 saturated carbocycles. The highest BCUT2D eigenvalue weighted by atomic mass is 16.1. The molecule has 2 aromatic heterocycles. The third kappa shape index (κ3) is 3.74. The first kappa shape index (κ1) is 13.9. The van der Waals surface area contributed by atoms with Crippen LogP contribution in [0.2, 0.25) is 0 Å². The number of hydrogen-bond acceptors (Lipinski definition) is 5. The second-order valence-electron chi connectivity index (χ2n) is 4.23. The Kier molecular flexibility index (Phi) is 5.00. The highest BCUT2D eigenvalue weighted by Crippen LogP contribution is 2.13. The molecule has 1 amide bonds. The number of nitrogens with zero attached hydrogens (tertiary/aromatic N) is 3. The Labute approximate surface area is 117 Å². The van der Waals surface area contributed by atoms with Crippen LogP contribution in [0.25, 0.3) is 0 Å². The summed E-state index contributed by atoms with van der Waals surface area (Å²) >= 11 is 0. The molecule has 0 aromatic carbocycles. The van der Waals surface area contributed by atoms with Gasteiger partial charge in [0.2, 0.25) is 0 Å². The van der Waals surface area contributed by atoms with E-state index >= 15 is 0 Å². The summed E-state index contributed by atoms with van der Waals surface area (Å²) in [6.07, 6.45) is 7.36. The van der Waals surface area contributed by atoms with Gasteiger partial charge in [-0.15, -0.1) is 0 Å². The first-order valence-corrected chi connectivity index (χ1v) is 6.52. The van der Waals surface area contributed by atoms with Gasteiger partial charge in [0, 0.05) is 18.9 Å². The standard InChI is InChI=1S/C14H17N5O/c1-2-5-17-13-9-15-7-4-12(13)14(20)18-8-11-3-6-16-10-19-11/h3-4,6-7,9-10,17H,2,5,8H2,1H3,(H,18,20). The van der Waals surface area contributed by atoms with E-state index in [0.717, 1.165) is 24.3 Å². The molecule has 0 unspecified atom stereocenters. The maximum absolute atomic E-state index is 12.2. The lowest BCUT2D eigenvalue weighted by Gasteiger charge is -2.10. The highest BCUT2D eigenvalue weighted by molar-refractivity contribution is 5.99. The zero-order valence-corrected chi connectivity index (χ0v) is 11.3. The van der Waals surface area contributed by atoms with Crippen LogP contribution in [0.15, 0.2) is 37.1 Å². The summed E-state index contributed by atoms with van der Waals surface area (Å²) < 4.78 is 0. The number of aromatic nitrogens is 3. The largest absolute Gasteiger partial charge is 0.383 e. The summed E-state index contributed by atoms with van der Waals surface area (Å²) in [6, 6.07) is 3.47. The van der Waals surface area contributed by atoms with Crippen LogP contribution >= 0.6 is 0 Å². The first-order valence-electron chi connectivity index (χ1n) is 6.52. The number of rotatable bonds is 6. The van der Waals surface area contributed by atoms with E-state index in [4.69, 9.17) is 0 Å². The number of hydrogen-bond donors (Lipinski definition) is 2. The van der Waals surface area contributed by atoms with Crippen molar-refractivity contribution in [1.82, 2.24) is 20.3 Å². The minimum absolute atomic E-state index is 0.149. The molecule has 0 aliphatic heterocycles. The van der Waals surface area contributed by atoms with Gasteiger partial charge in [0.15, 0.2) is 0 Å². The van der Waals surface area contributed by atoms with Crippen molar-refractivity contribution < 1.29 is 4.79 Å². The van der Waals surface area contributed by atoms with Gasteiger partial charge in [0.05, 0.1) is 29.7 Å². The molecule has 0 aliphatic rings. The smallest absolute Gasteiger partial charge is 0.253 e. The minimum Gasteiger partial charge on any atom is -0.383 e. The predicted molar refractivity (Wildman–Crippen MR) is 76.2 cm³/mol. The molecule has 0 spiro atoms. The third-order valence-electron chi connectivity index (χ3n) is 2.70. The van der Waals surface area contributed by atoms with Crippen LogP contribution in [0.5, 0.6) is 0 Å². The molecule has 6 nitrogen and oxygen atoms in total. The molecule has 2 heterocycles. The molecule has 0 atom stereocenters. The van der Waals surface area contributed by atoms with E-state index in [-0.39, 0.29) is 5.91 Å². The number of nitrogens with one attached hydrogen (secondary N) is 2. The number of carbonyl (C=O) groups excluding carboxylic acids is 1. The fraction of sp³-hybridized carbons (Fsp3) is 0.286. The van der Waals surface area contributed by atoms with Gasteiger partial charge in [-0.1, -0.05) is 6.92 Å². The van der Waals surface area contributed by atoms with Gasteiger partial charge in [0.25, 0.3) is 5.91 Å². The summed E-state index contributed by atoms with van der Waals surface area (Å²) in [5.41, 5.74) is 2.10. The Balaban J connectivity index is 2.01. The Morgan fingerprint density at radius 3 is 2.85 bits per heavy atom. The lowest BCUT2D eigenvalue weighted by molar-refractivity contribution is 0.0951. The van der Waals surface area contributed by atoms with Crippen LogP contribution in [-0.2, 0) is 6.54 Å². The molecule has 2 N–H and O–H groups in total. The van der Waals surface area contributed by atoms with Crippen molar-refractivity contribution in [2.75, 3.05) is 11.9 Å². The second kappa shape index (κ2) is 7.18. The van der Waals surface area contributed by atoms with E-state index in [1.807, 2.05) is 0 Å². The van der Waals surface area contributed by atoms with E-state index in [9.17, 15) is 4.79 Å². The van der Waals surface area contributed by atoms with Crippen molar-refractivity contribution in [3.8, 4) is 0 Å². The van der Waals surface area contributed by atoms with E-state index in [1.165, 1.54) is 6.33 Å². The molecule has 0 bridgehead atoms. The third-order valence-corrected chi connectivity index (χ3v) is 2.70. The average Bonchev–Trinajstić information content (AvgIpc) is 2.52. The van der Waals surface area contributed by atoms with Gasteiger partial charge in [-0.3, -0.25) is 9.78 Å². The van der Waals surface area contributed by atoms with Crippen molar-refractivity contribution in [3.63, 3.8) is 0 Å². The van der Waals surface area contributed by atoms with Gasteiger partial charge < -0.3 is 10.6 Å². The molecular formula is C14H17N5O. The second-order valence-corrected chi connectivity index (χ2v) is 4.23.